The van der Waals surface area contributed by atoms with E-state index >= 15 is 0 Å². The second-order valence-electron chi connectivity index (χ2n) is 6.89. The van der Waals surface area contributed by atoms with Gasteiger partial charge in [-0.15, -0.1) is 0 Å². The summed E-state index contributed by atoms with van der Waals surface area (Å²) in [6.45, 7) is 5.79. The molecule has 25 heavy (non-hydrogen) atoms. The van der Waals surface area contributed by atoms with E-state index in [-0.39, 0.29) is 5.91 Å². The van der Waals surface area contributed by atoms with E-state index in [0.29, 0.717) is 17.8 Å². The number of nitrogens with one attached hydrogen (secondary N) is 2. The number of hydrogen-bond acceptors (Lipinski definition) is 4. The summed E-state index contributed by atoms with van der Waals surface area (Å²) in [6.07, 6.45) is 5.51. The smallest absolute Gasteiger partial charge is 0.270 e. The van der Waals surface area contributed by atoms with Crippen molar-refractivity contribution in [3.8, 4) is 0 Å². The third-order valence-electron chi connectivity index (χ3n) is 4.69. The molecule has 0 saturated carbocycles. The van der Waals surface area contributed by atoms with E-state index in [4.69, 9.17) is 0 Å². The van der Waals surface area contributed by atoms with Gasteiger partial charge in [-0.2, -0.15) is 0 Å². The molecule has 0 aliphatic carbocycles. The van der Waals surface area contributed by atoms with Crippen LogP contribution in [0.4, 0.5) is 11.5 Å². The molecular weight excluding hydrogens is 314 g/mol. The van der Waals surface area contributed by atoms with Gasteiger partial charge in [-0.05, 0) is 51.0 Å². The number of H-pyrrole nitrogens is 1. The first-order valence-electron chi connectivity index (χ1n) is 8.93. The van der Waals surface area contributed by atoms with Crippen LogP contribution in [0.1, 0.15) is 37.2 Å². The van der Waals surface area contributed by atoms with E-state index in [9.17, 15) is 4.79 Å². The van der Waals surface area contributed by atoms with E-state index in [1.165, 1.54) is 0 Å². The predicted octanol–water partition coefficient (Wildman–Crippen LogP) is 2.97. The topological polar surface area (TPSA) is 64.3 Å². The standard InChI is InChI=1S/C19H27N5O/c1-14(2)22-16-6-4-11-21-18(16)23(3)15-8-12-24(13-9-15)19(25)17-7-5-10-20-17/h4-7,10-11,14-15,20,22H,8-9,12-13H2,1-3H3. The second-order valence-corrected chi connectivity index (χ2v) is 6.89. The number of nitrogens with zero attached hydrogens (tertiary/aromatic N) is 3. The minimum absolute atomic E-state index is 0.0890. The third kappa shape index (κ3) is 3.95. The molecule has 6 heteroatoms. The van der Waals surface area contributed by atoms with Crippen molar-refractivity contribution in [3.63, 3.8) is 0 Å². The van der Waals surface area contributed by atoms with Gasteiger partial charge in [0.05, 0.1) is 5.69 Å². The molecule has 3 heterocycles. The van der Waals surface area contributed by atoms with Crippen LogP contribution < -0.4 is 10.2 Å². The number of amides is 1. The fourth-order valence-electron chi connectivity index (χ4n) is 3.36. The van der Waals surface area contributed by atoms with Crippen molar-refractivity contribution >= 4 is 17.4 Å². The summed E-state index contributed by atoms with van der Waals surface area (Å²) in [5, 5.41) is 3.47. The highest BCUT2D eigenvalue weighted by Gasteiger charge is 2.27. The van der Waals surface area contributed by atoms with Crippen LogP contribution >= 0.6 is 0 Å². The van der Waals surface area contributed by atoms with Crippen molar-refractivity contribution in [2.24, 2.45) is 0 Å². The maximum atomic E-state index is 12.4. The Morgan fingerprint density at radius 1 is 1.32 bits per heavy atom. The molecule has 1 aliphatic rings. The minimum Gasteiger partial charge on any atom is -0.380 e. The molecule has 2 aromatic rings. The number of likely N-dealkylation sites (tertiary alicyclic amines) is 1. The van der Waals surface area contributed by atoms with Crippen LogP contribution in [0.25, 0.3) is 0 Å². The number of pyridine rings is 1. The van der Waals surface area contributed by atoms with Crippen molar-refractivity contribution < 1.29 is 4.79 Å². The van der Waals surface area contributed by atoms with Crippen LogP contribution in [0.5, 0.6) is 0 Å². The molecule has 2 aromatic heterocycles. The molecule has 134 valence electrons. The fraction of sp³-hybridized carbons (Fsp3) is 0.474. The van der Waals surface area contributed by atoms with Gasteiger partial charge in [0, 0.05) is 44.6 Å². The minimum atomic E-state index is 0.0890. The number of carbonyl (C=O) groups is 1. The van der Waals surface area contributed by atoms with Crippen molar-refractivity contribution in [1.29, 1.82) is 0 Å². The van der Waals surface area contributed by atoms with Crippen molar-refractivity contribution in [2.45, 2.75) is 38.8 Å². The summed E-state index contributed by atoms with van der Waals surface area (Å²) < 4.78 is 0. The predicted molar refractivity (Wildman–Crippen MR) is 101 cm³/mol. The lowest BCUT2D eigenvalue weighted by Gasteiger charge is -2.37. The monoisotopic (exact) mass is 341 g/mol. The zero-order chi connectivity index (χ0) is 17.8. The third-order valence-corrected chi connectivity index (χ3v) is 4.69. The Labute approximate surface area is 149 Å². The van der Waals surface area contributed by atoms with Crippen LogP contribution in [-0.4, -0.2) is 53.0 Å². The summed E-state index contributed by atoms with van der Waals surface area (Å²) in [5.74, 6) is 1.07. The average molecular weight is 341 g/mol. The average Bonchev–Trinajstić information content (AvgIpc) is 3.15. The number of piperidine rings is 1. The Morgan fingerprint density at radius 3 is 2.72 bits per heavy atom. The quantitative estimate of drug-likeness (QED) is 0.877. The summed E-state index contributed by atoms with van der Waals surface area (Å²) in [5.41, 5.74) is 1.73. The second kappa shape index (κ2) is 7.59. The van der Waals surface area contributed by atoms with Gasteiger partial charge in [0.2, 0.25) is 0 Å². The Hall–Kier alpha value is -2.50. The lowest BCUT2D eigenvalue weighted by molar-refractivity contribution is 0.0708. The Kier molecular flexibility index (Phi) is 5.26. The molecule has 2 N–H and O–H groups in total. The molecule has 6 nitrogen and oxygen atoms in total. The Bertz CT molecular complexity index is 690. The van der Waals surface area contributed by atoms with Gasteiger partial charge in [-0.25, -0.2) is 4.98 Å². The summed E-state index contributed by atoms with van der Waals surface area (Å²) >= 11 is 0. The molecular formula is C19H27N5O. The van der Waals surface area contributed by atoms with Gasteiger partial charge in [-0.1, -0.05) is 0 Å². The lowest BCUT2D eigenvalue weighted by atomic mass is 10.0. The number of hydrogen-bond donors (Lipinski definition) is 2. The van der Waals surface area contributed by atoms with Gasteiger partial charge >= 0.3 is 0 Å². The molecule has 1 amide bonds. The Morgan fingerprint density at radius 2 is 2.08 bits per heavy atom. The van der Waals surface area contributed by atoms with Gasteiger partial charge in [0.25, 0.3) is 5.91 Å². The normalized spacial score (nSPS) is 15.4. The van der Waals surface area contributed by atoms with E-state index in [1.807, 2.05) is 29.3 Å². The highest BCUT2D eigenvalue weighted by atomic mass is 16.2. The highest BCUT2D eigenvalue weighted by molar-refractivity contribution is 5.92. The van der Waals surface area contributed by atoms with E-state index < -0.39 is 0 Å². The highest BCUT2D eigenvalue weighted by Crippen LogP contribution is 2.27. The first-order chi connectivity index (χ1) is 12.1. The molecule has 0 radical (unpaired) electrons. The largest absolute Gasteiger partial charge is 0.380 e. The number of anilines is 2. The zero-order valence-corrected chi connectivity index (χ0v) is 15.2. The van der Waals surface area contributed by atoms with Gasteiger partial charge < -0.3 is 20.1 Å². The van der Waals surface area contributed by atoms with E-state index in [0.717, 1.165) is 37.4 Å². The number of aromatic amines is 1. The van der Waals surface area contributed by atoms with Crippen molar-refractivity contribution in [1.82, 2.24) is 14.9 Å². The molecule has 0 spiro atoms. The van der Waals surface area contributed by atoms with Crippen LogP contribution in [0.2, 0.25) is 0 Å². The van der Waals surface area contributed by atoms with E-state index in [1.54, 1.807) is 6.20 Å². The van der Waals surface area contributed by atoms with Crippen molar-refractivity contribution in [3.05, 3.63) is 42.4 Å². The van der Waals surface area contributed by atoms with Crippen molar-refractivity contribution in [2.75, 3.05) is 30.4 Å². The molecule has 0 bridgehead atoms. The molecule has 1 saturated heterocycles. The molecule has 1 fully saturated rings. The summed E-state index contributed by atoms with van der Waals surface area (Å²) in [4.78, 5) is 24.2. The molecule has 0 unspecified atom stereocenters. The van der Waals surface area contributed by atoms with Gasteiger partial charge in [0.15, 0.2) is 5.82 Å². The number of carbonyl (C=O) groups excluding carboxylic acids is 1. The Balaban J connectivity index is 1.64. The first-order valence-corrected chi connectivity index (χ1v) is 8.93. The molecule has 1 aliphatic heterocycles. The van der Waals surface area contributed by atoms with Crippen LogP contribution in [0, 0.1) is 0 Å². The van der Waals surface area contributed by atoms with Gasteiger partial charge in [-0.3, -0.25) is 4.79 Å². The van der Waals surface area contributed by atoms with Crippen LogP contribution in [0.15, 0.2) is 36.7 Å². The number of rotatable bonds is 5. The fourth-order valence-corrected chi connectivity index (χ4v) is 3.36. The molecule has 0 atom stereocenters. The summed E-state index contributed by atoms with van der Waals surface area (Å²) in [7, 11) is 2.10. The van der Waals surface area contributed by atoms with Gasteiger partial charge in [0.1, 0.15) is 5.69 Å². The zero-order valence-electron chi connectivity index (χ0n) is 15.2. The first kappa shape index (κ1) is 17.3. The van der Waals surface area contributed by atoms with Crippen LogP contribution in [-0.2, 0) is 0 Å². The lowest BCUT2D eigenvalue weighted by Crippen LogP contribution is -2.46. The maximum Gasteiger partial charge on any atom is 0.270 e. The summed E-state index contributed by atoms with van der Waals surface area (Å²) in [6, 6.07) is 8.46. The van der Waals surface area contributed by atoms with E-state index in [2.05, 4.69) is 47.1 Å². The number of aromatic nitrogens is 2. The van der Waals surface area contributed by atoms with Crippen LogP contribution in [0.3, 0.4) is 0 Å². The maximum absolute atomic E-state index is 12.4. The molecule has 3 rings (SSSR count). The molecule has 0 aromatic carbocycles. The SMILES string of the molecule is CC(C)Nc1cccnc1N(C)C1CCN(C(=O)c2ccc[nH]2)CC1.